The van der Waals surface area contributed by atoms with Crippen molar-refractivity contribution in [3.05, 3.63) is 44.9 Å². The van der Waals surface area contributed by atoms with Gasteiger partial charge in [0.2, 0.25) is 10.0 Å². The number of rotatable bonds is 5. The molecule has 5 nitrogen and oxygen atoms in total. The average molecular weight is 326 g/mol. The van der Waals surface area contributed by atoms with E-state index in [1.165, 1.54) is 17.4 Å². The highest BCUT2D eigenvalue weighted by Crippen LogP contribution is 2.21. The van der Waals surface area contributed by atoms with Gasteiger partial charge in [0.15, 0.2) is 0 Å². The van der Waals surface area contributed by atoms with Crippen LogP contribution in [0.3, 0.4) is 0 Å². The zero-order valence-electron chi connectivity index (χ0n) is 12.2. The van der Waals surface area contributed by atoms with E-state index in [0.717, 1.165) is 15.4 Å². The van der Waals surface area contributed by atoms with Crippen LogP contribution in [0, 0.1) is 20.8 Å². The number of aliphatic hydroxyl groups is 1. The molecule has 0 saturated carbocycles. The summed E-state index contributed by atoms with van der Waals surface area (Å²) in [5, 5.41) is 9.96. The topological polar surface area (TPSA) is 79.3 Å². The Labute approximate surface area is 128 Å². The van der Waals surface area contributed by atoms with Crippen molar-refractivity contribution in [2.75, 3.05) is 0 Å². The third kappa shape index (κ3) is 3.68. The number of aryl methyl sites for hydroxylation is 2. The number of aromatic nitrogens is 1. The van der Waals surface area contributed by atoms with Gasteiger partial charge in [-0.15, -0.1) is 11.3 Å². The second kappa shape index (κ2) is 6.23. The number of benzene rings is 1. The summed E-state index contributed by atoms with van der Waals surface area (Å²) in [4.78, 5) is 5.39. The Morgan fingerprint density at radius 1 is 1.29 bits per heavy atom. The number of aliphatic hydroxyl groups excluding tert-OH is 1. The van der Waals surface area contributed by atoms with E-state index in [-0.39, 0.29) is 18.0 Å². The van der Waals surface area contributed by atoms with Crippen molar-refractivity contribution in [2.45, 2.75) is 38.8 Å². The first-order chi connectivity index (χ1) is 9.83. The lowest BCUT2D eigenvalue weighted by Crippen LogP contribution is -2.24. The molecule has 0 fully saturated rings. The van der Waals surface area contributed by atoms with Crippen LogP contribution in [0.4, 0.5) is 0 Å². The molecule has 114 valence electrons. The van der Waals surface area contributed by atoms with Crippen molar-refractivity contribution in [3.8, 4) is 0 Å². The van der Waals surface area contributed by atoms with Gasteiger partial charge < -0.3 is 5.11 Å². The van der Waals surface area contributed by atoms with Crippen LogP contribution >= 0.6 is 11.3 Å². The van der Waals surface area contributed by atoms with E-state index in [1.54, 1.807) is 19.2 Å². The van der Waals surface area contributed by atoms with Crippen LogP contribution in [0.5, 0.6) is 0 Å². The molecule has 0 atom stereocenters. The second-order valence-electron chi connectivity index (χ2n) is 4.88. The highest BCUT2D eigenvalue weighted by molar-refractivity contribution is 7.89. The number of hydrogen-bond acceptors (Lipinski definition) is 5. The maximum Gasteiger partial charge on any atom is 0.241 e. The molecule has 0 amide bonds. The maximum atomic E-state index is 12.4. The summed E-state index contributed by atoms with van der Waals surface area (Å²) in [6.45, 7) is 5.50. The van der Waals surface area contributed by atoms with Crippen molar-refractivity contribution in [1.82, 2.24) is 9.71 Å². The van der Waals surface area contributed by atoms with Crippen molar-refractivity contribution < 1.29 is 13.5 Å². The van der Waals surface area contributed by atoms with E-state index in [1.807, 2.05) is 13.8 Å². The van der Waals surface area contributed by atoms with Gasteiger partial charge in [-0.2, -0.15) is 0 Å². The van der Waals surface area contributed by atoms with Gasteiger partial charge >= 0.3 is 0 Å². The van der Waals surface area contributed by atoms with E-state index < -0.39 is 10.0 Å². The van der Waals surface area contributed by atoms with Crippen LogP contribution in [0.25, 0.3) is 0 Å². The first-order valence-electron chi connectivity index (χ1n) is 6.45. The molecule has 7 heteroatoms. The van der Waals surface area contributed by atoms with Gasteiger partial charge in [-0.1, -0.05) is 6.07 Å². The first-order valence-corrected chi connectivity index (χ1v) is 8.75. The van der Waals surface area contributed by atoms with Gasteiger partial charge in [-0.05, 0) is 43.5 Å². The van der Waals surface area contributed by atoms with E-state index in [2.05, 4.69) is 9.71 Å². The molecule has 2 N–H and O–H groups in total. The van der Waals surface area contributed by atoms with Crippen LogP contribution in [0.15, 0.2) is 23.2 Å². The van der Waals surface area contributed by atoms with Crippen LogP contribution in [0.1, 0.15) is 26.6 Å². The minimum absolute atomic E-state index is 0.169. The summed E-state index contributed by atoms with van der Waals surface area (Å²) in [6.07, 6.45) is 1.72. The normalized spacial score (nSPS) is 11.8. The van der Waals surface area contributed by atoms with Crippen molar-refractivity contribution in [3.63, 3.8) is 0 Å². The van der Waals surface area contributed by atoms with Gasteiger partial charge in [0.05, 0.1) is 18.0 Å². The van der Waals surface area contributed by atoms with Crippen LogP contribution in [-0.2, 0) is 23.2 Å². The predicted octanol–water partition coefficient (Wildman–Crippen LogP) is 2.04. The number of nitrogens with one attached hydrogen (secondary N) is 1. The van der Waals surface area contributed by atoms with Gasteiger partial charge in [0.1, 0.15) is 5.01 Å². The smallest absolute Gasteiger partial charge is 0.241 e. The molecule has 1 aromatic carbocycles. The molecule has 0 unspecified atom stereocenters. The highest BCUT2D eigenvalue weighted by Gasteiger charge is 2.19. The Balaban J connectivity index is 2.29. The predicted molar refractivity (Wildman–Crippen MR) is 82.7 cm³/mol. The molecule has 0 radical (unpaired) electrons. The average Bonchev–Trinajstić information content (AvgIpc) is 2.85. The largest absolute Gasteiger partial charge is 0.392 e. The minimum atomic E-state index is -3.63. The monoisotopic (exact) mass is 326 g/mol. The van der Waals surface area contributed by atoms with Gasteiger partial charge in [0.25, 0.3) is 0 Å². The van der Waals surface area contributed by atoms with Crippen molar-refractivity contribution in [1.29, 1.82) is 0 Å². The number of nitrogens with zero attached hydrogens (tertiary/aromatic N) is 1. The fourth-order valence-corrected chi connectivity index (χ4v) is 4.16. The SMILES string of the molecule is Cc1cnc(CNS(=O)(=O)c2cc(CO)cc(C)c2C)s1. The molecule has 1 aromatic heterocycles. The molecule has 1 heterocycles. The molecule has 2 rings (SSSR count). The molecule has 21 heavy (non-hydrogen) atoms. The first kappa shape index (κ1) is 16.1. The van der Waals surface area contributed by atoms with Crippen LogP contribution in [0.2, 0.25) is 0 Å². The van der Waals surface area contributed by atoms with Gasteiger partial charge in [0, 0.05) is 11.1 Å². The van der Waals surface area contributed by atoms with E-state index in [0.29, 0.717) is 11.1 Å². The fourth-order valence-electron chi connectivity index (χ4n) is 1.99. The third-order valence-corrected chi connectivity index (χ3v) is 5.67. The zero-order valence-corrected chi connectivity index (χ0v) is 13.8. The highest BCUT2D eigenvalue weighted by atomic mass is 32.2. The number of sulfonamides is 1. The zero-order chi connectivity index (χ0) is 15.6. The summed E-state index contributed by atoms with van der Waals surface area (Å²) in [5.74, 6) is 0. The van der Waals surface area contributed by atoms with E-state index in [9.17, 15) is 13.5 Å². The summed E-state index contributed by atoms with van der Waals surface area (Å²) < 4.78 is 27.4. The Bertz CT molecular complexity index is 752. The molecule has 2 aromatic rings. The summed E-state index contributed by atoms with van der Waals surface area (Å²) >= 11 is 1.46. The Hall–Kier alpha value is -1.28. The Kier molecular flexibility index (Phi) is 4.77. The lowest BCUT2D eigenvalue weighted by Gasteiger charge is -2.12. The molecule has 0 bridgehead atoms. The molecule has 0 aliphatic heterocycles. The lowest BCUT2D eigenvalue weighted by atomic mass is 10.1. The van der Waals surface area contributed by atoms with Gasteiger partial charge in [-0.3, -0.25) is 0 Å². The maximum absolute atomic E-state index is 12.4. The van der Waals surface area contributed by atoms with E-state index >= 15 is 0 Å². The fraction of sp³-hybridized carbons (Fsp3) is 0.357. The molecule has 0 aliphatic rings. The van der Waals surface area contributed by atoms with Crippen LogP contribution in [-0.4, -0.2) is 18.5 Å². The standard InChI is InChI=1S/C14H18N2O3S2/c1-9-4-12(8-17)5-13(11(9)3)21(18,19)16-7-14-15-6-10(2)20-14/h4-6,16-17H,7-8H2,1-3H3. The number of thiazole rings is 1. The molecule has 0 spiro atoms. The Morgan fingerprint density at radius 2 is 2.00 bits per heavy atom. The van der Waals surface area contributed by atoms with Crippen LogP contribution < -0.4 is 4.72 Å². The summed E-state index contributed by atoms with van der Waals surface area (Å²) in [5.41, 5.74) is 2.12. The lowest BCUT2D eigenvalue weighted by molar-refractivity contribution is 0.281. The minimum Gasteiger partial charge on any atom is -0.392 e. The quantitative estimate of drug-likeness (QED) is 0.881. The third-order valence-electron chi connectivity index (χ3n) is 3.23. The van der Waals surface area contributed by atoms with Crippen molar-refractivity contribution >= 4 is 21.4 Å². The Morgan fingerprint density at radius 3 is 2.57 bits per heavy atom. The van der Waals surface area contributed by atoms with Crippen molar-refractivity contribution in [2.24, 2.45) is 0 Å². The summed E-state index contributed by atoms with van der Waals surface area (Å²) in [6, 6.07) is 3.30. The second-order valence-corrected chi connectivity index (χ2v) is 7.94. The van der Waals surface area contributed by atoms with E-state index in [4.69, 9.17) is 0 Å². The summed E-state index contributed by atoms with van der Waals surface area (Å²) in [7, 11) is -3.63. The molecular weight excluding hydrogens is 308 g/mol. The molecule has 0 saturated heterocycles. The molecule has 0 aliphatic carbocycles. The number of hydrogen-bond donors (Lipinski definition) is 2. The molecular formula is C14H18N2O3S2. The van der Waals surface area contributed by atoms with Gasteiger partial charge in [-0.25, -0.2) is 18.1 Å².